The summed E-state index contributed by atoms with van der Waals surface area (Å²) in [6, 6.07) is 0. The Morgan fingerprint density at radius 3 is 2.88 bits per heavy atom. The summed E-state index contributed by atoms with van der Waals surface area (Å²) in [7, 11) is 1.66. The van der Waals surface area contributed by atoms with Crippen LogP contribution in [0.1, 0.15) is 22.4 Å². The molecule has 8 heteroatoms. The molecule has 2 aromatic rings. The van der Waals surface area contributed by atoms with Crippen molar-refractivity contribution in [3.05, 3.63) is 16.9 Å². The van der Waals surface area contributed by atoms with E-state index < -0.39 is 0 Å². The predicted octanol–water partition coefficient (Wildman–Crippen LogP) is 0.668. The van der Waals surface area contributed by atoms with E-state index in [-0.39, 0.29) is 5.91 Å². The van der Waals surface area contributed by atoms with Crippen LogP contribution in [0.15, 0.2) is 6.20 Å². The summed E-state index contributed by atoms with van der Waals surface area (Å²) in [5.41, 5.74) is 6.31. The molecule has 0 atom stereocenters. The number of nitrogens with zero attached hydrogens (tertiary/aromatic N) is 4. The van der Waals surface area contributed by atoms with Crippen molar-refractivity contribution in [2.75, 3.05) is 11.1 Å². The van der Waals surface area contributed by atoms with E-state index in [1.165, 1.54) is 22.2 Å². The molecule has 90 valence electrons. The molecule has 2 heterocycles. The van der Waals surface area contributed by atoms with Crippen molar-refractivity contribution in [2.45, 2.75) is 13.3 Å². The zero-order chi connectivity index (χ0) is 12.4. The second kappa shape index (κ2) is 4.50. The Morgan fingerprint density at radius 2 is 2.35 bits per heavy atom. The van der Waals surface area contributed by atoms with Gasteiger partial charge in [-0.25, -0.2) is 0 Å². The largest absolute Gasteiger partial charge is 0.396 e. The first-order valence-electron chi connectivity index (χ1n) is 5.03. The maximum atomic E-state index is 11.9. The summed E-state index contributed by atoms with van der Waals surface area (Å²) in [6.45, 7) is 1.98. The van der Waals surface area contributed by atoms with Crippen LogP contribution in [0.2, 0.25) is 0 Å². The monoisotopic (exact) mass is 252 g/mol. The summed E-state index contributed by atoms with van der Waals surface area (Å²) in [5, 5.41) is 15.7. The molecule has 0 aliphatic carbocycles. The highest BCUT2D eigenvalue weighted by molar-refractivity contribution is 7.15. The maximum absolute atomic E-state index is 11.9. The first-order chi connectivity index (χ1) is 8.11. The van der Waals surface area contributed by atoms with Gasteiger partial charge in [0.1, 0.15) is 10.7 Å². The van der Waals surface area contributed by atoms with Crippen molar-refractivity contribution in [1.82, 2.24) is 20.0 Å². The number of nitrogens with two attached hydrogens (primary N) is 1. The number of hydrogen-bond acceptors (Lipinski definition) is 6. The van der Waals surface area contributed by atoms with Crippen LogP contribution in [0.25, 0.3) is 0 Å². The number of carbonyl (C=O) groups excluding carboxylic acids is 1. The van der Waals surface area contributed by atoms with Gasteiger partial charge in [-0.2, -0.15) is 5.10 Å². The Kier molecular flexibility index (Phi) is 3.05. The standard InChI is InChI=1S/C9H12N6OS/c1-3-6-13-14-9(17-6)12-8(16)7-5(10)4-11-15(7)2/h4H,3,10H2,1-2H3,(H,12,14,16). The van der Waals surface area contributed by atoms with Crippen molar-refractivity contribution in [3.63, 3.8) is 0 Å². The highest BCUT2D eigenvalue weighted by Gasteiger charge is 2.16. The summed E-state index contributed by atoms with van der Waals surface area (Å²) >= 11 is 1.35. The third-order valence-corrected chi connectivity index (χ3v) is 3.15. The molecule has 0 aliphatic heterocycles. The van der Waals surface area contributed by atoms with E-state index >= 15 is 0 Å². The lowest BCUT2D eigenvalue weighted by Gasteiger charge is -2.02. The molecule has 3 N–H and O–H groups in total. The molecular formula is C9H12N6OS. The van der Waals surface area contributed by atoms with Gasteiger partial charge in [-0.05, 0) is 6.42 Å². The van der Waals surface area contributed by atoms with E-state index in [2.05, 4.69) is 20.6 Å². The van der Waals surface area contributed by atoms with Crippen LogP contribution in [0, 0.1) is 0 Å². The van der Waals surface area contributed by atoms with Crippen LogP contribution in [0.4, 0.5) is 10.8 Å². The van der Waals surface area contributed by atoms with Crippen LogP contribution in [0.3, 0.4) is 0 Å². The Labute approximate surface area is 102 Å². The topological polar surface area (TPSA) is 98.7 Å². The molecule has 7 nitrogen and oxygen atoms in total. The quantitative estimate of drug-likeness (QED) is 0.836. The van der Waals surface area contributed by atoms with Crippen molar-refractivity contribution in [1.29, 1.82) is 0 Å². The van der Waals surface area contributed by atoms with Gasteiger partial charge in [-0.3, -0.25) is 14.8 Å². The van der Waals surface area contributed by atoms with Crippen molar-refractivity contribution in [3.8, 4) is 0 Å². The van der Waals surface area contributed by atoms with Gasteiger partial charge in [0.2, 0.25) is 5.13 Å². The highest BCUT2D eigenvalue weighted by atomic mass is 32.1. The third kappa shape index (κ3) is 2.26. The zero-order valence-corrected chi connectivity index (χ0v) is 10.3. The van der Waals surface area contributed by atoms with Gasteiger partial charge in [0.05, 0.1) is 11.9 Å². The third-order valence-electron chi connectivity index (χ3n) is 2.17. The summed E-state index contributed by atoms with van der Waals surface area (Å²) in [5.74, 6) is -0.332. The van der Waals surface area contributed by atoms with Crippen LogP contribution < -0.4 is 11.1 Å². The Bertz CT molecular complexity index is 526. The van der Waals surface area contributed by atoms with Gasteiger partial charge in [0, 0.05) is 7.05 Å². The molecule has 0 spiro atoms. The Balaban J connectivity index is 2.17. The normalized spacial score (nSPS) is 10.5. The number of nitrogen functional groups attached to an aromatic ring is 1. The average Bonchev–Trinajstić information content (AvgIpc) is 2.86. The second-order valence-electron chi connectivity index (χ2n) is 3.38. The van der Waals surface area contributed by atoms with Gasteiger partial charge < -0.3 is 5.73 Å². The SMILES string of the molecule is CCc1nnc(NC(=O)c2c(N)cnn2C)s1. The van der Waals surface area contributed by atoms with Gasteiger partial charge in [-0.1, -0.05) is 18.3 Å². The molecule has 0 saturated carbocycles. The fourth-order valence-electron chi connectivity index (χ4n) is 1.34. The molecule has 0 bridgehead atoms. The molecule has 0 aromatic carbocycles. The molecule has 2 aromatic heterocycles. The highest BCUT2D eigenvalue weighted by Crippen LogP contribution is 2.17. The number of amides is 1. The van der Waals surface area contributed by atoms with E-state index in [9.17, 15) is 4.79 Å². The predicted molar refractivity (Wildman–Crippen MR) is 64.9 cm³/mol. The number of anilines is 2. The van der Waals surface area contributed by atoms with Crippen LogP contribution >= 0.6 is 11.3 Å². The minimum absolute atomic E-state index is 0.318. The van der Waals surface area contributed by atoms with Crippen molar-refractivity contribution in [2.24, 2.45) is 7.05 Å². The van der Waals surface area contributed by atoms with E-state index in [0.717, 1.165) is 11.4 Å². The summed E-state index contributed by atoms with van der Waals surface area (Å²) in [6.07, 6.45) is 2.23. The first-order valence-corrected chi connectivity index (χ1v) is 5.84. The second-order valence-corrected chi connectivity index (χ2v) is 4.44. The number of aryl methyl sites for hydroxylation is 2. The molecule has 0 saturated heterocycles. The van der Waals surface area contributed by atoms with E-state index in [0.29, 0.717) is 16.5 Å². The van der Waals surface area contributed by atoms with Crippen molar-refractivity contribution >= 4 is 28.1 Å². The fraction of sp³-hybridized carbons (Fsp3) is 0.333. The minimum Gasteiger partial charge on any atom is -0.396 e. The number of hydrogen-bond donors (Lipinski definition) is 2. The van der Waals surface area contributed by atoms with Gasteiger partial charge >= 0.3 is 0 Å². The lowest BCUT2D eigenvalue weighted by molar-refractivity contribution is 0.101. The van der Waals surface area contributed by atoms with Gasteiger partial charge in [-0.15, -0.1) is 10.2 Å². The van der Waals surface area contributed by atoms with Gasteiger partial charge in [0.15, 0.2) is 0 Å². The fourth-order valence-corrected chi connectivity index (χ4v) is 2.01. The van der Waals surface area contributed by atoms with Crippen LogP contribution in [-0.4, -0.2) is 25.9 Å². The Hall–Kier alpha value is -1.96. The zero-order valence-electron chi connectivity index (χ0n) is 9.47. The molecule has 17 heavy (non-hydrogen) atoms. The maximum Gasteiger partial charge on any atom is 0.277 e. The lowest BCUT2D eigenvalue weighted by Crippen LogP contribution is -2.17. The first kappa shape index (κ1) is 11.5. The lowest BCUT2D eigenvalue weighted by atomic mass is 10.3. The Morgan fingerprint density at radius 1 is 1.59 bits per heavy atom. The molecule has 0 unspecified atom stereocenters. The smallest absolute Gasteiger partial charge is 0.277 e. The molecular weight excluding hydrogens is 240 g/mol. The average molecular weight is 252 g/mol. The molecule has 1 amide bonds. The van der Waals surface area contributed by atoms with Crippen molar-refractivity contribution < 1.29 is 4.79 Å². The van der Waals surface area contributed by atoms with E-state index in [4.69, 9.17) is 5.73 Å². The molecule has 2 rings (SSSR count). The summed E-state index contributed by atoms with van der Waals surface area (Å²) < 4.78 is 1.42. The van der Waals surface area contributed by atoms with Gasteiger partial charge in [0.25, 0.3) is 5.91 Å². The molecule has 0 aliphatic rings. The minimum atomic E-state index is -0.332. The number of carbonyl (C=O) groups is 1. The number of nitrogens with one attached hydrogen (secondary N) is 1. The van der Waals surface area contributed by atoms with Crippen LogP contribution in [-0.2, 0) is 13.5 Å². The molecule has 0 fully saturated rings. The van der Waals surface area contributed by atoms with E-state index in [1.54, 1.807) is 7.05 Å². The van der Waals surface area contributed by atoms with E-state index in [1.807, 2.05) is 6.92 Å². The molecule has 0 radical (unpaired) electrons. The summed E-state index contributed by atoms with van der Waals surface area (Å²) in [4.78, 5) is 11.9. The number of rotatable bonds is 3. The number of aromatic nitrogens is 4. The van der Waals surface area contributed by atoms with Crippen LogP contribution in [0.5, 0.6) is 0 Å².